The van der Waals surface area contributed by atoms with Crippen LogP contribution < -0.4 is 5.56 Å². The summed E-state index contributed by atoms with van der Waals surface area (Å²) in [7, 11) is 0. The molecule has 6 heteroatoms. The Kier molecular flexibility index (Phi) is 3.34. The molecule has 1 fully saturated rings. The van der Waals surface area contributed by atoms with Crippen LogP contribution in [0.3, 0.4) is 0 Å². The van der Waals surface area contributed by atoms with Crippen molar-refractivity contribution in [2.24, 2.45) is 0 Å². The Labute approximate surface area is 118 Å². The highest BCUT2D eigenvalue weighted by Gasteiger charge is 2.29. The van der Waals surface area contributed by atoms with E-state index in [1.165, 1.54) is 24.2 Å². The molecule has 0 saturated heterocycles. The molecule has 0 amide bonds. The van der Waals surface area contributed by atoms with Crippen LogP contribution in [0.4, 0.5) is 0 Å². The summed E-state index contributed by atoms with van der Waals surface area (Å²) in [5.41, 5.74) is 0.0703. The SMILES string of the molecule is CSC1CCCC1n1c(=S)[nH]c2sccc2c1=O. The summed E-state index contributed by atoms with van der Waals surface area (Å²) >= 11 is 8.75. The first-order chi connectivity index (χ1) is 8.72. The molecule has 1 aliphatic rings. The maximum atomic E-state index is 12.5. The normalized spacial score (nSPS) is 23.8. The Morgan fingerprint density at radius 2 is 2.39 bits per heavy atom. The van der Waals surface area contributed by atoms with Crippen LogP contribution >= 0.6 is 35.3 Å². The monoisotopic (exact) mass is 298 g/mol. The Bertz CT molecular complexity index is 684. The number of thioether (sulfide) groups is 1. The molecule has 2 atom stereocenters. The third-order valence-corrected chi connectivity index (χ3v) is 5.89. The maximum Gasteiger partial charge on any atom is 0.263 e. The zero-order chi connectivity index (χ0) is 12.7. The summed E-state index contributed by atoms with van der Waals surface area (Å²) in [6, 6.07) is 2.13. The van der Waals surface area contributed by atoms with Crippen LogP contribution in [0, 0.1) is 4.77 Å². The van der Waals surface area contributed by atoms with Crippen molar-refractivity contribution in [3.05, 3.63) is 26.6 Å². The van der Waals surface area contributed by atoms with Gasteiger partial charge in [0.2, 0.25) is 0 Å². The van der Waals surface area contributed by atoms with E-state index in [0.29, 0.717) is 10.0 Å². The number of fused-ring (bicyclic) bond motifs is 1. The lowest BCUT2D eigenvalue weighted by Crippen LogP contribution is -2.29. The average molecular weight is 298 g/mol. The molecule has 0 aromatic carbocycles. The molecule has 3 nitrogen and oxygen atoms in total. The molecule has 3 rings (SSSR count). The first kappa shape index (κ1) is 12.4. The van der Waals surface area contributed by atoms with Crippen LogP contribution in [-0.2, 0) is 0 Å². The van der Waals surface area contributed by atoms with E-state index >= 15 is 0 Å². The quantitative estimate of drug-likeness (QED) is 0.861. The van der Waals surface area contributed by atoms with Crippen LogP contribution in [0.25, 0.3) is 10.2 Å². The van der Waals surface area contributed by atoms with Gasteiger partial charge < -0.3 is 4.98 Å². The van der Waals surface area contributed by atoms with Gasteiger partial charge in [0.15, 0.2) is 4.77 Å². The van der Waals surface area contributed by atoms with Gasteiger partial charge in [-0.15, -0.1) is 11.3 Å². The van der Waals surface area contributed by atoms with Gasteiger partial charge in [0.25, 0.3) is 5.56 Å². The molecular weight excluding hydrogens is 284 g/mol. The van der Waals surface area contributed by atoms with E-state index in [1.807, 2.05) is 23.2 Å². The van der Waals surface area contributed by atoms with Crippen molar-refractivity contribution in [3.8, 4) is 0 Å². The lowest BCUT2D eigenvalue weighted by atomic mass is 10.2. The zero-order valence-electron chi connectivity index (χ0n) is 10.0. The Morgan fingerprint density at radius 1 is 1.56 bits per heavy atom. The fourth-order valence-electron chi connectivity index (χ4n) is 2.73. The first-order valence-electron chi connectivity index (χ1n) is 5.97. The number of rotatable bonds is 2. The molecule has 2 aromatic rings. The molecule has 2 aromatic heterocycles. The summed E-state index contributed by atoms with van der Waals surface area (Å²) < 4.78 is 2.37. The molecule has 2 unspecified atom stereocenters. The summed E-state index contributed by atoms with van der Waals surface area (Å²) in [5.74, 6) is 0. The fraction of sp³-hybridized carbons (Fsp3) is 0.500. The van der Waals surface area contributed by atoms with Gasteiger partial charge >= 0.3 is 0 Å². The van der Waals surface area contributed by atoms with E-state index in [-0.39, 0.29) is 11.6 Å². The minimum Gasteiger partial charge on any atom is -0.323 e. The Morgan fingerprint density at radius 3 is 3.17 bits per heavy atom. The molecule has 0 spiro atoms. The van der Waals surface area contributed by atoms with E-state index in [2.05, 4.69) is 11.2 Å². The molecule has 1 aliphatic carbocycles. The number of nitrogens with zero attached hydrogens (tertiary/aromatic N) is 1. The maximum absolute atomic E-state index is 12.5. The van der Waals surface area contributed by atoms with Crippen LogP contribution in [0.2, 0.25) is 0 Å². The van der Waals surface area contributed by atoms with Crippen molar-refractivity contribution < 1.29 is 0 Å². The number of aromatic amines is 1. The van der Waals surface area contributed by atoms with Crippen molar-refractivity contribution in [2.45, 2.75) is 30.6 Å². The molecular formula is C12H14N2OS3. The third-order valence-electron chi connectivity index (χ3n) is 3.61. The summed E-state index contributed by atoms with van der Waals surface area (Å²) in [6.45, 7) is 0. The van der Waals surface area contributed by atoms with Crippen LogP contribution in [0.15, 0.2) is 16.2 Å². The molecule has 0 radical (unpaired) electrons. The van der Waals surface area contributed by atoms with Gasteiger partial charge in [0.05, 0.1) is 11.4 Å². The zero-order valence-corrected chi connectivity index (χ0v) is 12.5. The second kappa shape index (κ2) is 4.83. The van der Waals surface area contributed by atoms with Crippen LogP contribution in [-0.4, -0.2) is 21.1 Å². The molecule has 96 valence electrons. The number of nitrogens with one attached hydrogen (secondary N) is 1. The van der Waals surface area contributed by atoms with Gasteiger partial charge in [-0.2, -0.15) is 11.8 Å². The fourth-order valence-corrected chi connectivity index (χ4v) is 4.87. The molecule has 18 heavy (non-hydrogen) atoms. The number of thiophene rings is 1. The lowest BCUT2D eigenvalue weighted by molar-refractivity contribution is 0.502. The average Bonchev–Trinajstić information content (AvgIpc) is 2.97. The van der Waals surface area contributed by atoms with Crippen molar-refractivity contribution in [3.63, 3.8) is 0 Å². The molecule has 2 heterocycles. The predicted molar refractivity (Wildman–Crippen MR) is 81.5 cm³/mol. The van der Waals surface area contributed by atoms with Crippen LogP contribution in [0.1, 0.15) is 25.3 Å². The number of hydrogen-bond donors (Lipinski definition) is 1. The highest BCUT2D eigenvalue weighted by molar-refractivity contribution is 7.99. The second-order valence-electron chi connectivity index (χ2n) is 4.54. The highest BCUT2D eigenvalue weighted by Crippen LogP contribution is 2.36. The van der Waals surface area contributed by atoms with Gasteiger partial charge in [-0.05, 0) is 42.8 Å². The van der Waals surface area contributed by atoms with E-state index in [4.69, 9.17) is 12.2 Å². The summed E-state index contributed by atoms with van der Waals surface area (Å²) in [4.78, 5) is 16.6. The van der Waals surface area contributed by atoms with Crippen LogP contribution in [0.5, 0.6) is 0 Å². The van der Waals surface area contributed by atoms with Crippen molar-refractivity contribution in [2.75, 3.05) is 6.26 Å². The highest BCUT2D eigenvalue weighted by atomic mass is 32.2. The smallest absolute Gasteiger partial charge is 0.263 e. The van der Waals surface area contributed by atoms with Crippen molar-refractivity contribution in [1.82, 2.24) is 9.55 Å². The van der Waals surface area contributed by atoms with Gasteiger partial charge in [-0.1, -0.05) is 6.42 Å². The molecule has 1 N–H and O–H groups in total. The van der Waals surface area contributed by atoms with E-state index in [9.17, 15) is 4.79 Å². The number of H-pyrrole nitrogens is 1. The summed E-state index contributed by atoms with van der Waals surface area (Å²) in [6.07, 6.45) is 5.52. The van der Waals surface area contributed by atoms with Gasteiger partial charge in [-0.3, -0.25) is 9.36 Å². The molecule has 0 bridgehead atoms. The minimum absolute atomic E-state index is 0.0703. The van der Waals surface area contributed by atoms with Crippen molar-refractivity contribution >= 4 is 45.5 Å². The number of hydrogen-bond acceptors (Lipinski definition) is 4. The second-order valence-corrected chi connectivity index (χ2v) is 6.92. The van der Waals surface area contributed by atoms with E-state index in [0.717, 1.165) is 16.6 Å². The van der Waals surface area contributed by atoms with Crippen molar-refractivity contribution in [1.29, 1.82) is 0 Å². The number of aromatic nitrogens is 2. The van der Waals surface area contributed by atoms with E-state index in [1.54, 1.807) is 4.57 Å². The standard InChI is InChI=1S/C12H14N2OS3/c1-17-9-4-2-3-8(9)14-11(15)7-5-6-18-10(7)13-12(14)16/h5-6,8-9H,2-4H2,1H3,(H,13,16). The van der Waals surface area contributed by atoms with E-state index < -0.39 is 0 Å². The Hall–Kier alpha value is -0.590. The minimum atomic E-state index is 0.0703. The third kappa shape index (κ3) is 1.87. The topological polar surface area (TPSA) is 37.8 Å². The first-order valence-corrected chi connectivity index (χ1v) is 8.55. The van der Waals surface area contributed by atoms with Gasteiger partial charge in [-0.25, -0.2) is 0 Å². The Balaban J connectivity index is 2.22. The lowest BCUT2D eigenvalue weighted by Gasteiger charge is -2.20. The predicted octanol–water partition coefficient (Wildman–Crippen LogP) is 3.58. The van der Waals surface area contributed by atoms with Gasteiger partial charge in [0, 0.05) is 5.25 Å². The molecule has 1 saturated carbocycles. The van der Waals surface area contributed by atoms with Gasteiger partial charge in [0.1, 0.15) is 4.83 Å². The largest absolute Gasteiger partial charge is 0.323 e. The molecule has 0 aliphatic heterocycles. The summed E-state index contributed by atoms with van der Waals surface area (Å²) in [5, 5.41) is 3.21.